The molecular formula is C79H122F6N12O14. The van der Waals surface area contributed by atoms with E-state index >= 15 is 28.8 Å². The number of likely N-dealkylation sites (N-methyl/N-ethyl adjacent to an activating group) is 7. The second-order valence-electron chi connectivity index (χ2n) is 33.3. The summed E-state index contributed by atoms with van der Waals surface area (Å²) in [5.41, 5.74) is -2.29. The lowest BCUT2D eigenvalue weighted by Crippen LogP contribution is -2.71. The number of nitrogens with zero attached hydrogens (tertiary/aromatic N) is 9. The lowest BCUT2D eigenvalue weighted by atomic mass is 9.58. The fourth-order valence-corrected chi connectivity index (χ4v) is 18.2. The van der Waals surface area contributed by atoms with Gasteiger partial charge in [0.15, 0.2) is 0 Å². The first-order chi connectivity index (χ1) is 52.1. The van der Waals surface area contributed by atoms with Crippen LogP contribution in [0.2, 0.25) is 0 Å². The summed E-state index contributed by atoms with van der Waals surface area (Å²) in [6.07, 6.45) is -0.620. The van der Waals surface area contributed by atoms with Gasteiger partial charge in [0.25, 0.3) is 0 Å². The number of rotatable bonds is 15. The zero-order chi connectivity index (χ0) is 82.5. The topological polar surface area (TPSA) is 289 Å². The summed E-state index contributed by atoms with van der Waals surface area (Å²) in [5.74, 6) is -12.2. The molecule has 3 heterocycles. The molecule has 7 rings (SSSR count). The molecule has 7 aliphatic rings. The molecule has 6 fully saturated rings. The van der Waals surface area contributed by atoms with E-state index < -0.39 is 210 Å². The molecule has 12 amide bonds. The van der Waals surface area contributed by atoms with Gasteiger partial charge in [-0.1, -0.05) is 66.0 Å². The van der Waals surface area contributed by atoms with E-state index in [9.17, 15) is 55.1 Å². The second-order valence-corrected chi connectivity index (χ2v) is 33.3. The molecule has 1 spiro atoms. The van der Waals surface area contributed by atoms with Gasteiger partial charge < -0.3 is 69.5 Å². The van der Waals surface area contributed by atoms with Gasteiger partial charge in [0.05, 0.1) is 43.6 Å². The molecule has 2 bridgehead atoms. The van der Waals surface area contributed by atoms with Crippen LogP contribution in [0.15, 0.2) is 12.2 Å². The van der Waals surface area contributed by atoms with Crippen LogP contribution in [0, 0.1) is 53.3 Å². The Morgan fingerprint density at radius 3 is 1.92 bits per heavy atom. The molecule has 32 heteroatoms. The highest BCUT2D eigenvalue weighted by Gasteiger charge is 2.60. The molecule has 4 aliphatic carbocycles. The van der Waals surface area contributed by atoms with E-state index in [1.165, 1.54) is 76.0 Å². The number of ether oxygens (including phenoxy) is 2. The monoisotopic (exact) mass is 1580 g/mol. The third kappa shape index (κ3) is 22.3. The number of terminal acetylenes is 1. The third-order valence-electron chi connectivity index (χ3n) is 24.7. The van der Waals surface area contributed by atoms with E-state index in [0.717, 1.165) is 24.5 Å². The van der Waals surface area contributed by atoms with Crippen molar-refractivity contribution >= 4 is 70.9 Å². The molecule has 0 aromatic heterocycles. The van der Waals surface area contributed by atoms with Gasteiger partial charge in [-0.15, -0.1) is 12.3 Å². The minimum absolute atomic E-state index is 0.0258. The van der Waals surface area contributed by atoms with Crippen LogP contribution in [-0.2, 0) is 67.0 Å². The van der Waals surface area contributed by atoms with Crippen LogP contribution in [-0.4, -0.2) is 289 Å². The van der Waals surface area contributed by atoms with Gasteiger partial charge in [-0.25, -0.2) is 0 Å². The number of carbonyl (C=O) groups excluding carboxylic acids is 12. The first kappa shape index (κ1) is 90.6. The number of alkyl halides is 6. The first-order valence-corrected chi connectivity index (χ1v) is 39.8. The van der Waals surface area contributed by atoms with E-state index in [2.05, 4.69) is 21.9 Å². The van der Waals surface area contributed by atoms with E-state index in [-0.39, 0.29) is 129 Å². The van der Waals surface area contributed by atoms with Crippen LogP contribution in [0.25, 0.3) is 0 Å². The van der Waals surface area contributed by atoms with Crippen LogP contribution in [0.5, 0.6) is 0 Å². The summed E-state index contributed by atoms with van der Waals surface area (Å²) in [4.78, 5) is 193. The molecule has 2 saturated heterocycles. The Kier molecular flexibility index (Phi) is 31.8. The molecule has 13 atom stereocenters. The van der Waals surface area contributed by atoms with Gasteiger partial charge in [0.1, 0.15) is 53.9 Å². The van der Waals surface area contributed by atoms with Crippen molar-refractivity contribution < 1.29 is 93.4 Å². The smallest absolute Gasteiger partial charge is 0.381 e. The van der Waals surface area contributed by atoms with Crippen LogP contribution < -0.4 is 16.0 Å². The third-order valence-corrected chi connectivity index (χ3v) is 24.7. The van der Waals surface area contributed by atoms with Crippen molar-refractivity contribution in [3.8, 4) is 12.3 Å². The Morgan fingerprint density at radius 1 is 0.694 bits per heavy atom. The number of nitrogens with one attached hydrogen (secondary N) is 3. The summed E-state index contributed by atoms with van der Waals surface area (Å²) in [5, 5.41) is 8.62. The average molecular weight is 1580 g/mol. The van der Waals surface area contributed by atoms with Gasteiger partial charge in [-0.3, -0.25) is 57.5 Å². The standard InChI is InChI=1S/C79H122F6N12O14/c1-16-25-56-67(101)87-65(48(5)18-3)73(107)91(10)45-64(100)93(12)57-28-21-20-24-38-96(72(57)106)60(39-49-29-33-52(34-30-49)78(80,81)82)71(105)90(9)44-62(98)86-55(36-32-50-31-35-54(79(83,84)85)61(40-50)110-15)69(103)97-43-53(111-19-4)41-58(97)68(102)88-77(46-76(6,7)47-77)75(109)95(14)66(51-26-22-23-27-51)74(108)94(13)59(42-63(99)92(56)11)70(104)89(8)37-17-2/h1,20-21,48-61,65-66H,17-19,22-47H2,2-15H3,(H,86,98)(H,87,101)(H,88,102)/b21-20-/t48-,49?,50?,52?,53+,54?,55-,56-,57-,58-,59-,60-,61?,65-,66-/m0/s1. The van der Waals surface area contributed by atoms with Gasteiger partial charge in [0, 0.05) is 95.5 Å². The SMILES string of the molecule is C#CC[C@H]1C(=O)N[C@@H]([C@@H](C)CC)C(=O)N(C)CC(=O)N(C)[C@H]2C/C=C\CCN(C2=O)[C@@H](CC2CCC(C(F)(F)F)CC2)C(=O)N(C)CC(=O)N[C@@H](CCC2CCC(C(F)(F)F)C(OC)C2)C(=O)N2C[C@H](OCC)C[C@H]2C(=O)NC2(CC(C)(C)C2)C(=O)N(C)[C@@H](C2CCCC2)C(=O)N(C)[C@H](C(=O)N(C)CCC)CC(=O)N1C. The molecule has 624 valence electrons. The normalized spacial score (nSPS) is 31.1. The van der Waals surface area contributed by atoms with Crippen molar-refractivity contribution in [2.45, 2.75) is 268 Å². The van der Waals surface area contributed by atoms with Gasteiger partial charge in [-0.2, -0.15) is 26.3 Å². The lowest BCUT2D eigenvalue weighted by molar-refractivity contribution is -0.215. The van der Waals surface area contributed by atoms with Crippen molar-refractivity contribution in [2.75, 3.05) is 95.8 Å². The Labute approximate surface area is 650 Å². The maximum atomic E-state index is 15.9. The number of halogens is 6. The summed E-state index contributed by atoms with van der Waals surface area (Å²) in [6, 6.07) is -11.3. The molecular weight excluding hydrogens is 1450 g/mol. The molecule has 3 aliphatic heterocycles. The maximum Gasteiger partial charge on any atom is 0.394 e. The molecule has 26 nitrogen and oxygen atoms in total. The number of amides is 12. The quantitative estimate of drug-likeness (QED) is 0.0900. The Bertz CT molecular complexity index is 3390. The number of hydrogen-bond acceptors (Lipinski definition) is 14. The van der Waals surface area contributed by atoms with Gasteiger partial charge in [-0.05, 0) is 145 Å². The molecule has 0 radical (unpaired) electrons. The fourth-order valence-electron chi connectivity index (χ4n) is 18.2. The molecule has 3 unspecified atom stereocenters. The summed E-state index contributed by atoms with van der Waals surface area (Å²) in [6.45, 7) is 9.35. The lowest BCUT2D eigenvalue weighted by Gasteiger charge is -2.54. The first-order valence-electron chi connectivity index (χ1n) is 39.8. The molecule has 111 heavy (non-hydrogen) atoms. The Morgan fingerprint density at radius 2 is 1.33 bits per heavy atom. The molecule has 0 aromatic rings. The summed E-state index contributed by atoms with van der Waals surface area (Å²) < 4.78 is 97.1. The highest BCUT2D eigenvalue weighted by molar-refractivity contribution is 6.01. The zero-order valence-corrected chi connectivity index (χ0v) is 67.5. The van der Waals surface area contributed by atoms with Crippen LogP contribution in [0.4, 0.5) is 26.3 Å². The van der Waals surface area contributed by atoms with E-state index in [4.69, 9.17) is 15.9 Å². The van der Waals surface area contributed by atoms with Crippen molar-refractivity contribution in [3.63, 3.8) is 0 Å². The highest BCUT2D eigenvalue weighted by Crippen LogP contribution is 2.50. The average Bonchev–Trinajstić information content (AvgIpc) is 1.37. The van der Waals surface area contributed by atoms with Crippen LogP contribution >= 0.6 is 0 Å². The second kappa shape index (κ2) is 39.0. The van der Waals surface area contributed by atoms with Crippen molar-refractivity contribution in [2.24, 2.45) is 40.9 Å². The molecule has 4 saturated carbocycles. The van der Waals surface area contributed by atoms with Crippen LogP contribution in [0.3, 0.4) is 0 Å². The number of carbonyl (C=O) groups is 12. The molecule has 0 aromatic carbocycles. The summed E-state index contributed by atoms with van der Waals surface area (Å²) in [7, 11) is 10.8. The van der Waals surface area contributed by atoms with Crippen molar-refractivity contribution in [1.82, 2.24) is 60.0 Å². The number of methoxy groups -OCH3 is 1. The zero-order valence-electron chi connectivity index (χ0n) is 67.5. The van der Waals surface area contributed by atoms with E-state index in [1.54, 1.807) is 32.9 Å². The van der Waals surface area contributed by atoms with Crippen molar-refractivity contribution in [3.05, 3.63) is 12.2 Å². The minimum atomic E-state index is -4.57. The van der Waals surface area contributed by atoms with Crippen LogP contribution in [0.1, 0.15) is 189 Å². The highest BCUT2D eigenvalue weighted by atomic mass is 19.4. The van der Waals surface area contributed by atoms with Gasteiger partial charge >= 0.3 is 12.4 Å². The fraction of sp³-hybridized carbons (Fsp3) is 0.797. The number of hydrogen-bond donors (Lipinski definition) is 3. The Balaban J connectivity index is 1.35. The minimum Gasteiger partial charge on any atom is -0.381 e. The predicted octanol–water partition coefficient (Wildman–Crippen LogP) is 6.47. The molecule has 3 N–H and O–H groups in total. The van der Waals surface area contributed by atoms with Crippen molar-refractivity contribution in [1.29, 1.82) is 0 Å². The summed E-state index contributed by atoms with van der Waals surface area (Å²) >= 11 is 0. The predicted molar refractivity (Wildman–Crippen MR) is 399 cm³/mol. The van der Waals surface area contributed by atoms with E-state index in [0.29, 0.717) is 38.5 Å². The maximum absolute atomic E-state index is 15.9. The number of fused-ring (bicyclic) bond motifs is 3. The van der Waals surface area contributed by atoms with E-state index in [1.807, 2.05) is 20.8 Å². The largest absolute Gasteiger partial charge is 0.394 e. The van der Waals surface area contributed by atoms with Gasteiger partial charge in [0.2, 0.25) is 70.9 Å². The Hall–Kier alpha value is -7.56.